The summed E-state index contributed by atoms with van der Waals surface area (Å²) in [7, 11) is 1.56. The zero-order chi connectivity index (χ0) is 16.8. The highest BCUT2D eigenvalue weighted by Gasteiger charge is 2.14. The van der Waals surface area contributed by atoms with Crippen molar-refractivity contribution in [2.45, 2.75) is 19.3 Å². The van der Waals surface area contributed by atoms with Crippen LogP contribution in [0.25, 0.3) is 0 Å². The Kier molecular flexibility index (Phi) is 5.10. The Balaban J connectivity index is 1.66. The number of hydrogen-bond acceptors (Lipinski definition) is 5. The number of methoxy groups -OCH3 is 1. The van der Waals surface area contributed by atoms with Gasteiger partial charge in [-0.05, 0) is 31.4 Å². The second-order valence-corrected chi connectivity index (χ2v) is 5.59. The van der Waals surface area contributed by atoms with Gasteiger partial charge in [-0.2, -0.15) is 0 Å². The van der Waals surface area contributed by atoms with Crippen LogP contribution in [0.3, 0.4) is 0 Å². The number of ether oxygens (including phenoxy) is 1. The molecule has 2 N–H and O–H groups in total. The Morgan fingerprint density at radius 2 is 1.92 bits per heavy atom. The van der Waals surface area contributed by atoms with Crippen LogP contribution in [0.5, 0.6) is 5.75 Å². The third-order valence-electron chi connectivity index (χ3n) is 3.93. The molecular formula is C17H21N5O2. The van der Waals surface area contributed by atoms with E-state index in [0.717, 1.165) is 18.9 Å². The number of nitrogens with one attached hydrogen (secondary N) is 2. The maximum Gasteiger partial charge on any atom is 0.324 e. The summed E-state index contributed by atoms with van der Waals surface area (Å²) in [5.41, 5.74) is 0.600. The van der Waals surface area contributed by atoms with Gasteiger partial charge in [0.2, 0.25) is 0 Å². The summed E-state index contributed by atoms with van der Waals surface area (Å²) in [6, 6.07) is 8.66. The maximum atomic E-state index is 12.2. The van der Waals surface area contributed by atoms with Gasteiger partial charge in [0.25, 0.3) is 0 Å². The van der Waals surface area contributed by atoms with E-state index in [4.69, 9.17) is 4.74 Å². The molecule has 0 aliphatic carbocycles. The zero-order valence-corrected chi connectivity index (χ0v) is 13.7. The monoisotopic (exact) mass is 327 g/mol. The normalized spacial score (nSPS) is 14.1. The first kappa shape index (κ1) is 16.0. The van der Waals surface area contributed by atoms with Gasteiger partial charge in [-0.25, -0.2) is 14.8 Å². The Labute approximate surface area is 141 Å². The van der Waals surface area contributed by atoms with E-state index in [2.05, 4.69) is 25.5 Å². The highest BCUT2D eigenvalue weighted by atomic mass is 16.5. The van der Waals surface area contributed by atoms with Crippen molar-refractivity contribution in [1.82, 2.24) is 9.97 Å². The number of carbonyl (C=O) groups excluding carboxylic acids is 1. The molecule has 1 aromatic heterocycles. The number of benzene rings is 1. The summed E-state index contributed by atoms with van der Waals surface area (Å²) in [5, 5.41) is 5.50. The predicted octanol–water partition coefficient (Wildman–Crippen LogP) is 3.12. The summed E-state index contributed by atoms with van der Waals surface area (Å²) in [4.78, 5) is 22.8. The first-order valence-corrected chi connectivity index (χ1v) is 8.04. The van der Waals surface area contributed by atoms with E-state index < -0.39 is 0 Å². The minimum Gasteiger partial charge on any atom is -0.495 e. The number of anilines is 3. The van der Waals surface area contributed by atoms with Gasteiger partial charge in [-0.1, -0.05) is 12.1 Å². The van der Waals surface area contributed by atoms with Gasteiger partial charge < -0.3 is 15.0 Å². The van der Waals surface area contributed by atoms with Crippen molar-refractivity contribution in [3.05, 3.63) is 36.7 Å². The summed E-state index contributed by atoms with van der Waals surface area (Å²) in [6.07, 6.45) is 5.07. The number of aromatic nitrogens is 2. The molecule has 126 valence electrons. The van der Waals surface area contributed by atoms with E-state index in [1.807, 2.05) is 12.1 Å². The van der Waals surface area contributed by atoms with Crippen LogP contribution in [0.15, 0.2) is 36.7 Å². The molecule has 1 aliphatic heterocycles. The molecule has 1 aromatic carbocycles. The first-order chi connectivity index (χ1) is 11.8. The van der Waals surface area contributed by atoms with E-state index >= 15 is 0 Å². The molecule has 24 heavy (non-hydrogen) atoms. The molecule has 0 bridgehead atoms. The lowest BCUT2D eigenvalue weighted by Crippen LogP contribution is -2.30. The number of amides is 2. The molecule has 1 fully saturated rings. The molecule has 0 unspecified atom stereocenters. The maximum absolute atomic E-state index is 12.2. The second-order valence-electron chi connectivity index (χ2n) is 5.59. The van der Waals surface area contributed by atoms with Gasteiger partial charge in [0.05, 0.1) is 12.8 Å². The number of hydrogen-bond donors (Lipinski definition) is 2. The van der Waals surface area contributed by atoms with Gasteiger partial charge in [0.15, 0.2) is 0 Å². The van der Waals surface area contributed by atoms with Crippen molar-refractivity contribution in [3.8, 4) is 5.75 Å². The van der Waals surface area contributed by atoms with Crippen LogP contribution in [0.4, 0.5) is 22.1 Å². The van der Waals surface area contributed by atoms with E-state index in [1.165, 1.54) is 25.6 Å². The molecule has 1 aliphatic rings. The molecule has 2 heterocycles. The molecule has 0 saturated carbocycles. The molecular weight excluding hydrogens is 306 g/mol. The van der Waals surface area contributed by atoms with Crippen molar-refractivity contribution in [1.29, 1.82) is 0 Å². The Morgan fingerprint density at radius 1 is 1.12 bits per heavy atom. The van der Waals surface area contributed by atoms with Crippen LogP contribution in [-0.4, -0.2) is 36.2 Å². The molecule has 0 radical (unpaired) electrons. The average molecular weight is 327 g/mol. The van der Waals surface area contributed by atoms with Gasteiger partial charge in [-0.15, -0.1) is 0 Å². The highest BCUT2D eigenvalue weighted by Crippen LogP contribution is 2.23. The SMILES string of the molecule is COc1ccccc1NC(=O)Nc1cc(N2CCCCC2)ncn1. The first-order valence-electron chi connectivity index (χ1n) is 8.04. The van der Waals surface area contributed by atoms with Crippen LogP contribution in [0, 0.1) is 0 Å². The molecule has 7 nitrogen and oxygen atoms in total. The number of carbonyl (C=O) groups is 1. The number of nitrogens with zero attached hydrogens (tertiary/aromatic N) is 3. The van der Waals surface area contributed by atoms with Gasteiger partial charge >= 0.3 is 6.03 Å². The minimum atomic E-state index is -0.372. The van der Waals surface area contributed by atoms with E-state index in [-0.39, 0.29) is 6.03 Å². The fourth-order valence-electron chi connectivity index (χ4n) is 2.73. The molecule has 1 saturated heterocycles. The standard InChI is InChI=1S/C17H21N5O2/c1-24-14-8-4-3-7-13(14)20-17(23)21-15-11-16(19-12-18-15)22-9-5-2-6-10-22/h3-4,7-8,11-12H,2,5-6,9-10H2,1H3,(H2,18,19,20,21,23). The third-order valence-corrected chi connectivity index (χ3v) is 3.93. The summed E-state index contributed by atoms with van der Waals surface area (Å²) in [5.74, 6) is 1.92. The zero-order valence-electron chi connectivity index (χ0n) is 13.7. The summed E-state index contributed by atoms with van der Waals surface area (Å²) >= 11 is 0. The Bertz CT molecular complexity index is 701. The Morgan fingerprint density at radius 3 is 2.71 bits per heavy atom. The Hall–Kier alpha value is -2.83. The lowest BCUT2D eigenvalue weighted by atomic mass is 10.1. The van der Waals surface area contributed by atoms with Crippen molar-refractivity contribution in [2.24, 2.45) is 0 Å². The fourth-order valence-corrected chi connectivity index (χ4v) is 2.73. The molecule has 3 rings (SSSR count). The third kappa shape index (κ3) is 3.92. The van der Waals surface area contributed by atoms with Crippen molar-refractivity contribution >= 4 is 23.4 Å². The summed E-state index contributed by atoms with van der Waals surface area (Å²) < 4.78 is 5.22. The number of rotatable bonds is 4. The van der Waals surface area contributed by atoms with Gasteiger partial charge in [0.1, 0.15) is 23.7 Å². The predicted molar refractivity (Wildman–Crippen MR) is 93.7 cm³/mol. The van der Waals surface area contributed by atoms with Crippen LogP contribution >= 0.6 is 0 Å². The summed E-state index contributed by atoms with van der Waals surface area (Å²) in [6.45, 7) is 1.98. The molecule has 7 heteroatoms. The highest BCUT2D eigenvalue weighted by molar-refractivity contribution is 6.00. The molecule has 0 spiro atoms. The lowest BCUT2D eigenvalue weighted by molar-refractivity contribution is 0.262. The number of piperidine rings is 1. The van der Waals surface area contributed by atoms with Crippen LogP contribution in [-0.2, 0) is 0 Å². The fraction of sp³-hybridized carbons (Fsp3) is 0.353. The van der Waals surface area contributed by atoms with Crippen molar-refractivity contribution in [3.63, 3.8) is 0 Å². The largest absolute Gasteiger partial charge is 0.495 e. The topological polar surface area (TPSA) is 79.4 Å². The smallest absolute Gasteiger partial charge is 0.324 e. The molecule has 2 amide bonds. The van der Waals surface area contributed by atoms with Crippen molar-refractivity contribution < 1.29 is 9.53 Å². The average Bonchev–Trinajstić information content (AvgIpc) is 2.63. The van der Waals surface area contributed by atoms with Crippen LogP contribution in [0.2, 0.25) is 0 Å². The number of urea groups is 1. The lowest BCUT2D eigenvalue weighted by Gasteiger charge is -2.27. The van der Waals surface area contributed by atoms with Crippen LogP contribution in [0.1, 0.15) is 19.3 Å². The minimum absolute atomic E-state index is 0.372. The van der Waals surface area contributed by atoms with E-state index in [0.29, 0.717) is 17.3 Å². The van der Waals surface area contributed by atoms with E-state index in [1.54, 1.807) is 25.3 Å². The van der Waals surface area contributed by atoms with Gasteiger partial charge in [-0.3, -0.25) is 5.32 Å². The molecule has 0 atom stereocenters. The molecule has 2 aromatic rings. The van der Waals surface area contributed by atoms with Crippen molar-refractivity contribution in [2.75, 3.05) is 35.7 Å². The van der Waals surface area contributed by atoms with E-state index in [9.17, 15) is 4.79 Å². The van der Waals surface area contributed by atoms with Crippen LogP contribution < -0.4 is 20.3 Å². The number of para-hydroxylation sites is 2. The quantitative estimate of drug-likeness (QED) is 0.902. The second kappa shape index (κ2) is 7.63. The van der Waals surface area contributed by atoms with Gasteiger partial charge in [0, 0.05) is 19.2 Å².